The monoisotopic (exact) mass is 373 g/mol. The zero-order chi connectivity index (χ0) is 19.3. The van der Waals surface area contributed by atoms with Crippen LogP contribution in [0.15, 0.2) is 71.3 Å². The number of hydrogen-bond donors (Lipinski definition) is 2. The van der Waals surface area contributed by atoms with Crippen molar-refractivity contribution >= 4 is 23.3 Å². The molecule has 0 bridgehead atoms. The van der Waals surface area contributed by atoms with Crippen LogP contribution in [0.25, 0.3) is 0 Å². The molecule has 0 atom stereocenters. The Morgan fingerprint density at radius 2 is 1.54 bits per heavy atom. The first-order valence-electron chi connectivity index (χ1n) is 8.80. The molecule has 4 aromatic rings. The molecule has 28 heavy (non-hydrogen) atoms. The summed E-state index contributed by atoms with van der Waals surface area (Å²) in [5.41, 5.74) is 1.71. The number of benzene rings is 2. The Hall–Kier alpha value is -3.87. The van der Waals surface area contributed by atoms with Crippen LogP contribution in [-0.2, 0) is 0 Å². The lowest BCUT2D eigenvalue weighted by atomic mass is 10.3. The highest BCUT2D eigenvalue weighted by Crippen LogP contribution is 2.24. The molecule has 0 radical (unpaired) electrons. The normalized spacial score (nSPS) is 10.5. The van der Waals surface area contributed by atoms with Gasteiger partial charge < -0.3 is 19.9 Å². The van der Waals surface area contributed by atoms with Gasteiger partial charge in [0.05, 0.1) is 0 Å². The van der Waals surface area contributed by atoms with Crippen molar-refractivity contribution in [1.82, 2.24) is 15.1 Å². The van der Waals surface area contributed by atoms with E-state index in [1.54, 1.807) is 6.07 Å². The van der Waals surface area contributed by atoms with Crippen LogP contribution in [0, 0.1) is 13.8 Å². The molecule has 0 aliphatic heterocycles. The standard InChI is InChI=1S/C21H19N5O2/c1-14-12-19(24-21(22-14)25-20-13-15(2)28-26-20)23-16-8-10-18(11-9-16)27-17-6-4-3-5-7-17/h3-13H,1-2H3,(H2,22,23,24,25,26). The lowest BCUT2D eigenvalue weighted by molar-refractivity contribution is 0.400. The fourth-order valence-electron chi connectivity index (χ4n) is 2.61. The van der Waals surface area contributed by atoms with Crippen molar-refractivity contribution < 1.29 is 9.26 Å². The second-order valence-corrected chi connectivity index (χ2v) is 6.23. The minimum atomic E-state index is 0.444. The predicted octanol–water partition coefficient (Wildman–Crippen LogP) is 5.36. The molecule has 2 aromatic carbocycles. The van der Waals surface area contributed by atoms with Crippen LogP contribution in [0.2, 0.25) is 0 Å². The summed E-state index contributed by atoms with van der Waals surface area (Å²) in [6.45, 7) is 3.73. The molecule has 2 N–H and O–H groups in total. The van der Waals surface area contributed by atoms with E-state index >= 15 is 0 Å². The number of para-hydroxylation sites is 1. The van der Waals surface area contributed by atoms with Crippen LogP contribution < -0.4 is 15.4 Å². The number of aryl methyl sites for hydroxylation is 2. The van der Waals surface area contributed by atoms with E-state index < -0.39 is 0 Å². The van der Waals surface area contributed by atoms with Crippen molar-refractivity contribution in [2.75, 3.05) is 10.6 Å². The molecule has 7 nitrogen and oxygen atoms in total. The summed E-state index contributed by atoms with van der Waals surface area (Å²) >= 11 is 0. The maximum Gasteiger partial charge on any atom is 0.230 e. The summed E-state index contributed by atoms with van der Waals surface area (Å²) in [7, 11) is 0. The second-order valence-electron chi connectivity index (χ2n) is 6.23. The molecule has 0 aliphatic carbocycles. The first-order chi connectivity index (χ1) is 13.6. The van der Waals surface area contributed by atoms with Crippen LogP contribution in [-0.4, -0.2) is 15.1 Å². The molecule has 2 aromatic heterocycles. The largest absolute Gasteiger partial charge is 0.457 e. The van der Waals surface area contributed by atoms with Gasteiger partial charge in [0, 0.05) is 23.5 Å². The Balaban J connectivity index is 1.46. The fraction of sp³-hybridized carbons (Fsp3) is 0.0952. The summed E-state index contributed by atoms with van der Waals surface area (Å²) in [5.74, 6) is 3.96. The van der Waals surface area contributed by atoms with E-state index in [9.17, 15) is 0 Å². The van der Waals surface area contributed by atoms with E-state index in [1.165, 1.54) is 0 Å². The molecule has 0 aliphatic rings. The highest BCUT2D eigenvalue weighted by molar-refractivity contribution is 5.60. The number of anilines is 4. The van der Waals surface area contributed by atoms with E-state index in [0.29, 0.717) is 23.3 Å². The van der Waals surface area contributed by atoms with Crippen molar-refractivity contribution in [2.24, 2.45) is 0 Å². The first kappa shape index (κ1) is 17.5. The molecule has 0 saturated heterocycles. The van der Waals surface area contributed by atoms with Crippen molar-refractivity contribution in [3.8, 4) is 11.5 Å². The number of ether oxygens (including phenoxy) is 1. The van der Waals surface area contributed by atoms with Crippen LogP contribution in [0.1, 0.15) is 11.5 Å². The van der Waals surface area contributed by atoms with Crippen molar-refractivity contribution in [3.63, 3.8) is 0 Å². The van der Waals surface area contributed by atoms with Gasteiger partial charge in [0.15, 0.2) is 5.82 Å². The lowest BCUT2D eigenvalue weighted by Gasteiger charge is -2.10. The Morgan fingerprint density at radius 3 is 2.25 bits per heavy atom. The third kappa shape index (κ3) is 4.45. The SMILES string of the molecule is Cc1cc(Nc2ccc(Oc3ccccc3)cc2)nc(Nc2cc(C)on2)n1. The topological polar surface area (TPSA) is 85.1 Å². The van der Waals surface area contributed by atoms with Crippen LogP contribution >= 0.6 is 0 Å². The van der Waals surface area contributed by atoms with E-state index in [0.717, 1.165) is 22.9 Å². The van der Waals surface area contributed by atoms with E-state index in [-0.39, 0.29) is 0 Å². The number of nitrogens with zero attached hydrogens (tertiary/aromatic N) is 3. The Kier molecular flexibility index (Phi) is 4.88. The summed E-state index contributed by atoms with van der Waals surface area (Å²) in [5, 5.41) is 10.2. The van der Waals surface area contributed by atoms with Gasteiger partial charge in [0.2, 0.25) is 5.95 Å². The smallest absolute Gasteiger partial charge is 0.230 e. The zero-order valence-electron chi connectivity index (χ0n) is 15.5. The summed E-state index contributed by atoms with van der Waals surface area (Å²) < 4.78 is 10.9. The third-order valence-electron chi connectivity index (χ3n) is 3.83. The average Bonchev–Trinajstić information content (AvgIpc) is 3.08. The van der Waals surface area contributed by atoms with Crippen LogP contribution in [0.5, 0.6) is 11.5 Å². The van der Waals surface area contributed by atoms with Crippen LogP contribution in [0.3, 0.4) is 0 Å². The lowest BCUT2D eigenvalue weighted by Crippen LogP contribution is -2.02. The van der Waals surface area contributed by atoms with Gasteiger partial charge in [-0.05, 0) is 50.2 Å². The molecule has 7 heteroatoms. The molecule has 0 amide bonds. The van der Waals surface area contributed by atoms with Gasteiger partial charge in [0.1, 0.15) is 23.1 Å². The van der Waals surface area contributed by atoms with Crippen molar-refractivity contribution in [2.45, 2.75) is 13.8 Å². The molecule has 0 fully saturated rings. The number of aromatic nitrogens is 3. The summed E-state index contributed by atoms with van der Waals surface area (Å²) in [6.07, 6.45) is 0. The summed E-state index contributed by atoms with van der Waals surface area (Å²) in [6, 6.07) is 21.0. The summed E-state index contributed by atoms with van der Waals surface area (Å²) in [4.78, 5) is 8.85. The van der Waals surface area contributed by atoms with Crippen molar-refractivity contribution in [1.29, 1.82) is 0 Å². The van der Waals surface area contributed by atoms with Gasteiger partial charge >= 0.3 is 0 Å². The minimum absolute atomic E-state index is 0.444. The van der Waals surface area contributed by atoms with E-state index in [4.69, 9.17) is 9.26 Å². The Bertz CT molecular complexity index is 1060. The quantitative estimate of drug-likeness (QED) is 0.470. The number of hydrogen-bond acceptors (Lipinski definition) is 7. The predicted molar refractivity (Wildman–Crippen MR) is 108 cm³/mol. The van der Waals surface area contributed by atoms with Crippen molar-refractivity contribution in [3.05, 3.63) is 78.2 Å². The maximum atomic E-state index is 5.81. The molecular formula is C21H19N5O2. The number of nitrogens with one attached hydrogen (secondary N) is 2. The van der Waals surface area contributed by atoms with Gasteiger partial charge in [-0.15, -0.1) is 0 Å². The molecule has 0 saturated carbocycles. The van der Waals surface area contributed by atoms with Gasteiger partial charge in [-0.3, -0.25) is 0 Å². The minimum Gasteiger partial charge on any atom is -0.457 e. The zero-order valence-corrected chi connectivity index (χ0v) is 15.5. The Morgan fingerprint density at radius 1 is 0.786 bits per heavy atom. The second kappa shape index (κ2) is 7.79. The Labute approximate surface area is 162 Å². The van der Waals surface area contributed by atoms with E-state index in [2.05, 4.69) is 25.8 Å². The fourth-order valence-corrected chi connectivity index (χ4v) is 2.61. The van der Waals surface area contributed by atoms with Gasteiger partial charge in [-0.2, -0.15) is 4.98 Å². The third-order valence-corrected chi connectivity index (χ3v) is 3.83. The molecule has 0 unspecified atom stereocenters. The van der Waals surface area contributed by atoms with Gasteiger partial charge in [0.25, 0.3) is 0 Å². The number of rotatable bonds is 6. The highest BCUT2D eigenvalue weighted by Gasteiger charge is 2.06. The van der Waals surface area contributed by atoms with Gasteiger partial charge in [-0.1, -0.05) is 23.4 Å². The van der Waals surface area contributed by atoms with E-state index in [1.807, 2.05) is 74.5 Å². The highest BCUT2D eigenvalue weighted by atomic mass is 16.5. The molecule has 0 spiro atoms. The first-order valence-corrected chi connectivity index (χ1v) is 8.80. The maximum absolute atomic E-state index is 5.81. The molecular weight excluding hydrogens is 354 g/mol. The molecule has 140 valence electrons. The van der Waals surface area contributed by atoms with Gasteiger partial charge in [-0.25, -0.2) is 4.98 Å². The molecule has 4 rings (SSSR count). The molecule has 2 heterocycles. The average molecular weight is 373 g/mol. The van der Waals surface area contributed by atoms with Crippen LogP contribution in [0.4, 0.5) is 23.3 Å².